The van der Waals surface area contributed by atoms with E-state index in [0.29, 0.717) is 6.04 Å². The molecule has 2 heterocycles. The highest BCUT2D eigenvalue weighted by atomic mass is 15.2. The van der Waals surface area contributed by atoms with Gasteiger partial charge in [-0.2, -0.15) is 0 Å². The van der Waals surface area contributed by atoms with Crippen molar-refractivity contribution in [2.24, 2.45) is 5.73 Å². The topological polar surface area (TPSA) is 45.0 Å². The standard InChI is InChI=1S/C17H23N3/c18-13-10-20(11-13)14-7-5-12(6-8-14)16-9-19-17-4-2-1-3-15(16)17/h1-4,9,12-14,19H,5-8,10-11,18H2. The molecule has 2 aliphatic rings. The molecule has 0 amide bonds. The van der Waals surface area contributed by atoms with E-state index in [0.717, 1.165) is 25.0 Å². The Morgan fingerprint density at radius 2 is 1.80 bits per heavy atom. The maximum atomic E-state index is 5.90. The van der Waals surface area contributed by atoms with Crippen LogP contribution in [0.2, 0.25) is 0 Å². The first-order valence-electron chi connectivity index (χ1n) is 7.87. The Bertz CT molecular complexity index is 589. The lowest BCUT2D eigenvalue weighted by Crippen LogP contribution is -2.59. The third-order valence-corrected chi connectivity index (χ3v) is 5.21. The lowest BCUT2D eigenvalue weighted by atomic mass is 9.80. The number of aromatic nitrogens is 1. The molecule has 0 spiro atoms. The number of nitrogens with one attached hydrogen (secondary N) is 1. The average Bonchev–Trinajstić information content (AvgIpc) is 2.88. The van der Waals surface area contributed by atoms with E-state index < -0.39 is 0 Å². The van der Waals surface area contributed by atoms with Gasteiger partial charge in [-0.3, -0.25) is 4.90 Å². The van der Waals surface area contributed by atoms with Gasteiger partial charge in [-0.15, -0.1) is 0 Å². The molecular formula is C17H23N3. The van der Waals surface area contributed by atoms with E-state index in [4.69, 9.17) is 5.73 Å². The fourth-order valence-electron chi connectivity index (χ4n) is 4.03. The van der Waals surface area contributed by atoms with Crippen molar-refractivity contribution in [1.29, 1.82) is 0 Å². The van der Waals surface area contributed by atoms with E-state index >= 15 is 0 Å². The molecule has 0 radical (unpaired) electrons. The average molecular weight is 269 g/mol. The molecule has 1 aromatic heterocycles. The van der Waals surface area contributed by atoms with Gasteiger partial charge in [0.25, 0.3) is 0 Å². The first-order valence-corrected chi connectivity index (χ1v) is 7.87. The van der Waals surface area contributed by atoms with Gasteiger partial charge in [0.1, 0.15) is 0 Å². The van der Waals surface area contributed by atoms with E-state index in [2.05, 4.69) is 40.3 Å². The molecule has 0 atom stereocenters. The van der Waals surface area contributed by atoms with Crippen molar-refractivity contribution >= 4 is 10.9 Å². The number of nitrogens with two attached hydrogens (primary N) is 1. The summed E-state index contributed by atoms with van der Waals surface area (Å²) in [6.07, 6.45) is 7.53. The predicted molar refractivity (Wildman–Crippen MR) is 82.8 cm³/mol. The molecule has 20 heavy (non-hydrogen) atoms. The molecule has 3 N–H and O–H groups in total. The number of hydrogen-bond acceptors (Lipinski definition) is 2. The second kappa shape index (κ2) is 4.90. The van der Waals surface area contributed by atoms with Gasteiger partial charge < -0.3 is 10.7 Å². The number of aromatic amines is 1. The van der Waals surface area contributed by atoms with Crippen LogP contribution in [0, 0.1) is 0 Å². The summed E-state index contributed by atoms with van der Waals surface area (Å²) in [4.78, 5) is 6.00. The maximum Gasteiger partial charge on any atom is 0.0456 e. The molecule has 3 nitrogen and oxygen atoms in total. The monoisotopic (exact) mass is 269 g/mol. The first-order chi connectivity index (χ1) is 9.81. The summed E-state index contributed by atoms with van der Waals surface area (Å²) in [5.74, 6) is 0.734. The zero-order valence-corrected chi connectivity index (χ0v) is 11.9. The van der Waals surface area contributed by atoms with Crippen LogP contribution in [-0.4, -0.2) is 35.1 Å². The van der Waals surface area contributed by atoms with Crippen molar-refractivity contribution in [3.8, 4) is 0 Å². The quantitative estimate of drug-likeness (QED) is 0.880. The smallest absolute Gasteiger partial charge is 0.0456 e. The third kappa shape index (κ3) is 2.05. The fourth-order valence-corrected chi connectivity index (χ4v) is 4.03. The molecule has 106 valence electrons. The van der Waals surface area contributed by atoms with Crippen molar-refractivity contribution in [2.45, 2.75) is 43.7 Å². The van der Waals surface area contributed by atoms with Gasteiger partial charge in [0, 0.05) is 42.3 Å². The van der Waals surface area contributed by atoms with Crippen LogP contribution in [-0.2, 0) is 0 Å². The van der Waals surface area contributed by atoms with Gasteiger partial charge in [0.2, 0.25) is 0 Å². The number of hydrogen-bond donors (Lipinski definition) is 2. The summed E-state index contributed by atoms with van der Waals surface area (Å²) >= 11 is 0. The van der Waals surface area contributed by atoms with E-state index in [9.17, 15) is 0 Å². The Hall–Kier alpha value is -1.32. The lowest BCUT2D eigenvalue weighted by Gasteiger charge is -2.45. The highest BCUT2D eigenvalue weighted by molar-refractivity contribution is 5.83. The van der Waals surface area contributed by atoms with E-state index in [1.54, 1.807) is 0 Å². The SMILES string of the molecule is NC1CN(C2CCC(c3c[nH]c4ccccc34)CC2)C1. The number of benzene rings is 1. The molecule has 0 bridgehead atoms. The van der Waals surface area contributed by atoms with Gasteiger partial charge in [-0.25, -0.2) is 0 Å². The summed E-state index contributed by atoms with van der Waals surface area (Å²) in [5.41, 5.74) is 8.70. The van der Waals surface area contributed by atoms with Gasteiger partial charge in [-0.05, 0) is 43.2 Å². The van der Waals surface area contributed by atoms with Gasteiger partial charge in [-0.1, -0.05) is 18.2 Å². The van der Waals surface area contributed by atoms with Crippen molar-refractivity contribution in [1.82, 2.24) is 9.88 Å². The molecule has 3 heteroatoms. The highest BCUT2D eigenvalue weighted by Crippen LogP contribution is 2.38. The summed E-state index contributed by atoms with van der Waals surface area (Å²) in [5, 5.41) is 1.42. The third-order valence-electron chi connectivity index (χ3n) is 5.21. The lowest BCUT2D eigenvalue weighted by molar-refractivity contribution is 0.0680. The Balaban J connectivity index is 1.46. The highest BCUT2D eigenvalue weighted by Gasteiger charge is 2.33. The van der Waals surface area contributed by atoms with Crippen LogP contribution in [0.5, 0.6) is 0 Å². The van der Waals surface area contributed by atoms with Crippen molar-refractivity contribution in [3.63, 3.8) is 0 Å². The van der Waals surface area contributed by atoms with Crippen LogP contribution in [0.15, 0.2) is 30.5 Å². The molecule has 2 fully saturated rings. The number of H-pyrrole nitrogens is 1. The Labute approximate surface area is 120 Å². The van der Waals surface area contributed by atoms with Crippen LogP contribution in [0.25, 0.3) is 10.9 Å². The Kier molecular flexibility index (Phi) is 3.04. The van der Waals surface area contributed by atoms with Crippen LogP contribution in [0.1, 0.15) is 37.2 Å². The van der Waals surface area contributed by atoms with Crippen molar-refractivity contribution < 1.29 is 0 Å². The molecule has 4 rings (SSSR count). The molecule has 1 aliphatic heterocycles. The Morgan fingerprint density at radius 1 is 1.05 bits per heavy atom. The normalized spacial score (nSPS) is 28.6. The minimum atomic E-state index is 0.432. The second-order valence-corrected chi connectivity index (χ2v) is 6.51. The molecule has 1 saturated carbocycles. The maximum absolute atomic E-state index is 5.90. The predicted octanol–water partition coefficient (Wildman–Crippen LogP) is 2.84. The largest absolute Gasteiger partial charge is 0.361 e. The van der Waals surface area contributed by atoms with Crippen LogP contribution >= 0.6 is 0 Å². The molecular weight excluding hydrogens is 246 g/mol. The molecule has 1 aromatic carbocycles. The zero-order chi connectivity index (χ0) is 13.5. The molecule has 0 unspecified atom stereocenters. The summed E-state index contributed by atoms with van der Waals surface area (Å²) in [6.45, 7) is 2.23. The van der Waals surface area contributed by atoms with E-state index in [1.807, 2.05) is 0 Å². The van der Waals surface area contributed by atoms with Crippen LogP contribution in [0.3, 0.4) is 0 Å². The summed E-state index contributed by atoms with van der Waals surface area (Å²) < 4.78 is 0. The number of para-hydroxylation sites is 1. The molecule has 1 saturated heterocycles. The minimum absolute atomic E-state index is 0.432. The zero-order valence-electron chi connectivity index (χ0n) is 11.9. The Morgan fingerprint density at radius 3 is 2.55 bits per heavy atom. The van der Waals surface area contributed by atoms with Crippen LogP contribution < -0.4 is 5.73 Å². The molecule has 2 aromatic rings. The summed E-state index contributed by atoms with van der Waals surface area (Å²) in [6, 6.07) is 9.89. The van der Waals surface area contributed by atoms with Gasteiger partial charge in [0.05, 0.1) is 0 Å². The van der Waals surface area contributed by atoms with E-state index in [-0.39, 0.29) is 0 Å². The first kappa shape index (κ1) is 12.4. The number of likely N-dealkylation sites (tertiary alicyclic amines) is 1. The van der Waals surface area contributed by atoms with Gasteiger partial charge >= 0.3 is 0 Å². The second-order valence-electron chi connectivity index (χ2n) is 6.51. The number of fused-ring (bicyclic) bond motifs is 1. The summed E-state index contributed by atoms with van der Waals surface area (Å²) in [7, 11) is 0. The fraction of sp³-hybridized carbons (Fsp3) is 0.529. The molecule has 1 aliphatic carbocycles. The van der Waals surface area contributed by atoms with Crippen LogP contribution in [0.4, 0.5) is 0 Å². The van der Waals surface area contributed by atoms with E-state index in [1.165, 1.54) is 42.1 Å². The number of nitrogens with zero attached hydrogens (tertiary/aromatic N) is 1. The van der Waals surface area contributed by atoms with Crippen molar-refractivity contribution in [2.75, 3.05) is 13.1 Å². The van der Waals surface area contributed by atoms with Gasteiger partial charge in [0.15, 0.2) is 0 Å². The van der Waals surface area contributed by atoms with Crippen molar-refractivity contribution in [3.05, 3.63) is 36.0 Å². The minimum Gasteiger partial charge on any atom is -0.361 e. The number of rotatable bonds is 2.